The fourth-order valence-electron chi connectivity index (χ4n) is 3.33. The number of carbonyl (C=O) groups excluding carboxylic acids is 1. The zero-order valence-electron chi connectivity index (χ0n) is 17.3. The molecule has 7 nitrogen and oxygen atoms in total. The highest BCUT2D eigenvalue weighted by Crippen LogP contribution is 2.22. The van der Waals surface area contributed by atoms with Crippen molar-refractivity contribution < 1.29 is 17.9 Å². The Kier molecular flexibility index (Phi) is 7.10. The zero-order valence-corrected chi connectivity index (χ0v) is 18.1. The van der Waals surface area contributed by atoms with E-state index in [0.29, 0.717) is 30.9 Å². The number of fused-ring (bicyclic) bond motifs is 1. The molecule has 1 heterocycles. The Balaban J connectivity index is 1.40. The number of ether oxygens (including phenoxy) is 1. The summed E-state index contributed by atoms with van der Waals surface area (Å²) in [6.45, 7) is 1.06. The van der Waals surface area contributed by atoms with Crippen molar-refractivity contribution in [2.45, 2.75) is 37.1 Å². The van der Waals surface area contributed by atoms with Gasteiger partial charge < -0.3 is 9.64 Å². The van der Waals surface area contributed by atoms with E-state index in [4.69, 9.17) is 4.74 Å². The molecule has 8 heteroatoms. The molecule has 0 spiro atoms. The van der Waals surface area contributed by atoms with Gasteiger partial charge in [0.15, 0.2) is 0 Å². The summed E-state index contributed by atoms with van der Waals surface area (Å²) in [5, 5.41) is 0. The van der Waals surface area contributed by atoms with Crippen molar-refractivity contribution in [3.8, 4) is 5.75 Å². The van der Waals surface area contributed by atoms with Gasteiger partial charge in [-0.2, -0.15) is 0 Å². The quantitative estimate of drug-likeness (QED) is 0.621. The molecule has 160 valence electrons. The monoisotopic (exact) mass is 429 g/mol. The SMILES string of the molecule is COc1cccc(CN(C)C(=O)CCCCCN=C2NS(=O)(=O)c3ccccc32)c1. The van der Waals surface area contributed by atoms with Gasteiger partial charge in [-0.25, -0.2) is 8.42 Å². The maximum Gasteiger partial charge on any atom is 0.263 e. The van der Waals surface area contributed by atoms with Crippen LogP contribution in [-0.2, 0) is 21.4 Å². The number of hydrogen-bond acceptors (Lipinski definition) is 5. The molecule has 0 aliphatic carbocycles. The molecule has 0 radical (unpaired) electrons. The lowest BCUT2D eigenvalue weighted by Gasteiger charge is -2.17. The summed E-state index contributed by atoms with van der Waals surface area (Å²) >= 11 is 0. The molecule has 0 fully saturated rings. The third kappa shape index (κ3) is 5.38. The maximum atomic E-state index is 12.3. The predicted octanol–water partition coefficient (Wildman–Crippen LogP) is 2.95. The number of unbranched alkanes of at least 4 members (excludes halogenated alkanes) is 2. The molecule has 0 bridgehead atoms. The highest BCUT2D eigenvalue weighted by molar-refractivity contribution is 7.90. The molecule has 2 aromatic rings. The Morgan fingerprint density at radius 1 is 1.10 bits per heavy atom. The van der Waals surface area contributed by atoms with Crippen molar-refractivity contribution in [2.75, 3.05) is 20.7 Å². The summed E-state index contributed by atoms with van der Waals surface area (Å²) in [4.78, 5) is 18.7. The van der Waals surface area contributed by atoms with Crippen LogP contribution in [0.1, 0.15) is 36.8 Å². The number of aliphatic imine (C=N–C) groups is 1. The Hall–Kier alpha value is -2.87. The lowest BCUT2D eigenvalue weighted by molar-refractivity contribution is -0.130. The molecule has 3 rings (SSSR count). The van der Waals surface area contributed by atoms with Crippen LogP contribution < -0.4 is 9.46 Å². The highest BCUT2D eigenvalue weighted by Gasteiger charge is 2.29. The molecule has 0 saturated carbocycles. The van der Waals surface area contributed by atoms with Gasteiger partial charge in [-0.15, -0.1) is 0 Å². The third-order valence-corrected chi connectivity index (χ3v) is 6.36. The number of benzene rings is 2. The van der Waals surface area contributed by atoms with Crippen LogP contribution in [-0.4, -0.2) is 45.8 Å². The Bertz CT molecular complexity index is 1030. The van der Waals surface area contributed by atoms with Crippen molar-refractivity contribution in [3.05, 3.63) is 59.7 Å². The number of nitrogens with one attached hydrogen (secondary N) is 1. The number of sulfonamides is 1. The van der Waals surface area contributed by atoms with E-state index in [2.05, 4.69) is 9.71 Å². The Morgan fingerprint density at radius 2 is 1.90 bits per heavy atom. The summed E-state index contributed by atoms with van der Waals surface area (Å²) < 4.78 is 31.8. The van der Waals surface area contributed by atoms with Gasteiger partial charge in [-0.1, -0.05) is 30.7 Å². The summed E-state index contributed by atoms with van der Waals surface area (Å²) in [7, 11) is -0.0649. The van der Waals surface area contributed by atoms with E-state index in [9.17, 15) is 13.2 Å². The number of carbonyl (C=O) groups is 1. The average molecular weight is 430 g/mol. The average Bonchev–Trinajstić information content (AvgIpc) is 3.01. The van der Waals surface area contributed by atoms with E-state index in [1.54, 1.807) is 43.3 Å². The summed E-state index contributed by atoms with van der Waals surface area (Å²) in [6, 6.07) is 14.5. The third-order valence-electron chi connectivity index (χ3n) is 4.96. The predicted molar refractivity (Wildman–Crippen MR) is 116 cm³/mol. The molecule has 1 aliphatic rings. The number of methoxy groups -OCH3 is 1. The van der Waals surface area contributed by atoms with Crippen LogP contribution in [0.5, 0.6) is 5.75 Å². The van der Waals surface area contributed by atoms with Gasteiger partial charge >= 0.3 is 0 Å². The number of nitrogens with zero attached hydrogens (tertiary/aromatic N) is 2. The van der Waals surface area contributed by atoms with Gasteiger partial charge in [-0.3, -0.25) is 14.5 Å². The van der Waals surface area contributed by atoms with Crippen LogP contribution >= 0.6 is 0 Å². The first-order valence-electron chi connectivity index (χ1n) is 9.94. The minimum atomic E-state index is -3.49. The summed E-state index contributed by atoms with van der Waals surface area (Å²) in [5.74, 6) is 1.28. The van der Waals surface area contributed by atoms with Crippen LogP contribution in [0.4, 0.5) is 0 Å². The van der Waals surface area contributed by atoms with Gasteiger partial charge in [0.25, 0.3) is 10.0 Å². The summed E-state index contributed by atoms with van der Waals surface area (Å²) in [5.41, 5.74) is 1.65. The minimum absolute atomic E-state index is 0.0987. The first kappa shape index (κ1) is 21.8. The first-order chi connectivity index (χ1) is 14.4. The molecule has 1 N–H and O–H groups in total. The van der Waals surface area contributed by atoms with Crippen molar-refractivity contribution in [2.24, 2.45) is 4.99 Å². The minimum Gasteiger partial charge on any atom is -0.497 e. The van der Waals surface area contributed by atoms with Gasteiger partial charge in [0.1, 0.15) is 11.6 Å². The molecule has 30 heavy (non-hydrogen) atoms. The lowest BCUT2D eigenvalue weighted by Crippen LogP contribution is -2.25. The Morgan fingerprint density at radius 3 is 2.70 bits per heavy atom. The zero-order chi connectivity index (χ0) is 21.6. The highest BCUT2D eigenvalue weighted by atomic mass is 32.2. The number of amidine groups is 1. The fourth-order valence-corrected chi connectivity index (χ4v) is 4.58. The van der Waals surface area contributed by atoms with Crippen molar-refractivity contribution in [1.82, 2.24) is 9.62 Å². The lowest BCUT2D eigenvalue weighted by atomic mass is 10.1. The maximum absolute atomic E-state index is 12.3. The van der Waals surface area contributed by atoms with E-state index in [0.717, 1.165) is 30.6 Å². The van der Waals surface area contributed by atoms with Crippen LogP contribution in [0.3, 0.4) is 0 Å². The molecule has 1 aliphatic heterocycles. The van der Waals surface area contributed by atoms with Gasteiger partial charge in [-0.05, 0) is 42.7 Å². The van der Waals surface area contributed by atoms with E-state index >= 15 is 0 Å². The van der Waals surface area contributed by atoms with Gasteiger partial charge in [0.05, 0.1) is 12.0 Å². The van der Waals surface area contributed by atoms with Gasteiger partial charge in [0.2, 0.25) is 5.91 Å². The van der Waals surface area contributed by atoms with Crippen LogP contribution in [0.15, 0.2) is 58.4 Å². The van der Waals surface area contributed by atoms with E-state index < -0.39 is 10.0 Å². The normalized spacial score (nSPS) is 15.5. The molecule has 0 atom stereocenters. The molecular weight excluding hydrogens is 402 g/mol. The second-order valence-electron chi connectivity index (χ2n) is 7.24. The molecular formula is C22H27N3O4S. The topological polar surface area (TPSA) is 88.1 Å². The second-order valence-corrected chi connectivity index (χ2v) is 8.89. The van der Waals surface area contributed by atoms with E-state index in [1.807, 2.05) is 24.3 Å². The molecule has 0 aromatic heterocycles. The fraction of sp³-hybridized carbons (Fsp3) is 0.364. The van der Waals surface area contributed by atoms with Crippen molar-refractivity contribution in [1.29, 1.82) is 0 Å². The van der Waals surface area contributed by atoms with Crippen LogP contribution in [0.2, 0.25) is 0 Å². The van der Waals surface area contributed by atoms with Crippen LogP contribution in [0, 0.1) is 0 Å². The van der Waals surface area contributed by atoms with Crippen molar-refractivity contribution >= 4 is 21.8 Å². The largest absolute Gasteiger partial charge is 0.497 e. The smallest absolute Gasteiger partial charge is 0.263 e. The Labute approximate surface area is 177 Å². The first-order valence-corrected chi connectivity index (χ1v) is 11.4. The number of hydrogen-bond donors (Lipinski definition) is 1. The van der Waals surface area contributed by atoms with Crippen LogP contribution in [0.25, 0.3) is 0 Å². The second kappa shape index (κ2) is 9.75. The van der Waals surface area contributed by atoms with E-state index in [-0.39, 0.29) is 10.8 Å². The molecule has 0 saturated heterocycles. The number of amides is 1. The molecule has 2 aromatic carbocycles. The van der Waals surface area contributed by atoms with E-state index in [1.165, 1.54) is 0 Å². The van der Waals surface area contributed by atoms with Crippen molar-refractivity contribution in [3.63, 3.8) is 0 Å². The molecule has 1 amide bonds. The molecule has 0 unspecified atom stereocenters. The number of rotatable bonds is 9. The standard InChI is InChI=1S/C22H27N3O4S/c1-25(16-17-9-8-10-18(15-17)29-2)21(26)13-4-3-7-14-23-22-19-11-5-6-12-20(19)30(27,28)24-22/h5-6,8-12,15H,3-4,7,13-14,16H2,1-2H3,(H,23,24). The summed E-state index contributed by atoms with van der Waals surface area (Å²) in [6.07, 6.45) is 2.89. The van der Waals surface area contributed by atoms with Gasteiger partial charge in [0, 0.05) is 32.1 Å².